The highest BCUT2D eigenvalue weighted by atomic mass is 32.1. The fourth-order valence-electron chi connectivity index (χ4n) is 4.47. The van der Waals surface area contributed by atoms with Gasteiger partial charge in [-0.3, -0.25) is 4.79 Å². The molecule has 0 spiro atoms. The van der Waals surface area contributed by atoms with E-state index in [1.54, 1.807) is 7.11 Å². The van der Waals surface area contributed by atoms with Crippen LogP contribution in [0.3, 0.4) is 0 Å². The summed E-state index contributed by atoms with van der Waals surface area (Å²) >= 11 is 1.48. The molecule has 30 heavy (non-hydrogen) atoms. The zero-order valence-corrected chi connectivity index (χ0v) is 18.7. The van der Waals surface area contributed by atoms with Crippen molar-refractivity contribution in [1.82, 2.24) is 5.32 Å². The Labute approximate surface area is 180 Å². The molecule has 0 radical (unpaired) electrons. The normalized spacial score (nSPS) is 16.5. The van der Waals surface area contributed by atoms with Crippen LogP contribution < -0.4 is 15.4 Å². The van der Waals surface area contributed by atoms with Gasteiger partial charge in [0, 0.05) is 16.0 Å². The van der Waals surface area contributed by atoms with E-state index in [1.165, 1.54) is 11.3 Å². The first-order chi connectivity index (χ1) is 14.1. The first-order valence-corrected chi connectivity index (χ1v) is 10.7. The summed E-state index contributed by atoms with van der Waals surface area (Å²) in [6, 6.07) is 13.9. The number of hydrogen-bond donors (Lipinski definition) is 2. The van der Waals surface area contributed by atoms with Crippen LogP contribution >= 0.6 is 11.3 Å². The van der Waals surface area contributed by atoms with Crippen molar-refractivity contribution < 1.29 is 9.53 Å². The Bertz CT molecular complexity index is 1200. The van der Waals surface area contributed by atoms with E-state index in [1.807, 2.05) is 36.4 Å². The predicted octanol–water partition coefficient (Wildman–Crippen LogP) is 5.19. The molecule has 154 valence electrons. The first-order valence-electron chi connectivity index (χ1n) is 9.89. The lowest BCUT2D eigenvalue weighted by atomic mass is 9.81. The van der Waals surface area contributed by atoms with E-state index in [9.17, 15) is 10.1 Å². The van der Waals surface area contributed by atoms with Crippen molar-refractivity contribution in [3.63, 3.8) is 0 Å². The molecule has 0 saturated heterocycles. The number of benzene rings is 2. The molecule has 0 unspecified atom stereocenters. The first kappa shape index (κ1) is 20.4. The predicted molar refractivity (Wildman–Crippen MR) is 121 cm³/mol. The number of thiophene rings is 1. The van der Waals surface area contributed by atoms with Crippen molar-refractivity contribution >= 4 is 33.0 Å². The van der Waals surface area contributed by atoms with Gasteiger partial charge in [0.05, 0.1) is 18.2 Å². The Morgan fingerprint density at radius 1 is 1.20 bits per heavy atom. The summed E-state index contributed by atoms with van der Waals surface area (Å²) in [5.74, 6) is 0.229. The number of rotatable bonds is 3. The minimum Gasteiger partial charge on any atom is -0.496 e. The van der Waals surface area contributed by atoms with Crippen LogP contribution in [0, 0.1) is 11.3 Å². The zero-order valence-electron chi connectivity index (χ0n) is 17.8. The summed E-state index contributed by atoms with van der Waals surface area (Å²) in [6.45, 7) is 8.49. The summed E-state index contributed by atoms with van der Waals surface area (Å²) in [6.07, 6.45) is 0.736. The van der Waals surface area contributed by atoms with Crippen LogP contribution in [0.5, 0.6) is 5.75 Å². The van der Waals surface area contributed by atoms with Gasteiger partial charge in [-0.2, -0.15) is 5.26 Å². The number of fused-ring (bicyclic) bond motifs is 2. The number of anilines is 1. The van der Waals surface area contributed by atoms with E-state index < -0.39 is 0 Å². The standard InChI is InChI=1S/C24H25N3O2S/c1-23(2)12-17-18(13-25)22(30-20(17)24(3,4)27-23)26-21(28)16-10-14-8-6-7-9-15(14)11-19(16)29-5/h6-11,27H,12H2,1-5H3,(H,26,28). The Balaban J connectivity index is 1.76. The molecule has 5 nitrogen and oxygen atoms in total. The molecule has 4 rings (SSSR count). The molecule has 6 heteroatoms. The minimum atomic E-state index is -0.281. The molecule has 1 aliphatic heterocycles. The highest BCUT2D eigenvalue weighted by molar-refractivity contribution is 7.17. The number of carbonyl (C=O) groups excluding carboxylic acids is 1. The SMILES string of the molecule is COc1cc2ccccc2cc1C(=O)Nc1sc2c(c1C#N)CC(C)(C)NC2(C)C. The molecule has 0 aliphatic carbocycles. The summed E-state index contributed by atoms with van der Waals surface area (Å²) in [7, 11) is 1.56. The van der Waals surface area contributed by atoms with Gasteiger partial charge in [0.25, 0.3) is 5.91 Å². The van der Waals surface area contributed by atoms with Gasteiger partial charge in [-0.05, 0) is 62.6 Å². The molecule has 0 bridgehead atoms. The highest BCUT2D eigenvalue weighted by Gasteiger charge is 2.40. The van der Waals surface area contributed by atoms with Gasteiger partial charge in [0.2, 0.25) is 0 Å². The highest BCUT2D eigenvalue weighted by Crippen LogP contribution is 2.45. The molecule has 2 aromatic carbocycles. The number of nitrogens with zero attached hydrogens (tertiary/aromatic N) is 1. The molecular weight excluding hydrogens is 394 g/mol. The Morgan fingerprint density at radius 3 is 2.50 bits per heavy atom. The van der Waals surface area contributed by atoms with E-state index in [4.69, 9.17) is 4.74 Å². The van der Waals surface area contributed by atoms with Gasteiger partial charge in [-0.25, -0.2) is 0 Å². The maximum absolute atomic E-state index is 13.2. The van der Waals surface area contributed by atoms with Crippen LogP contribution in [-0.2, 0) is 12.0 Å². The minimum absolute atomic E-state index is 0.133. The maximum atomic E-state index is 13.2. The van der Waals surface area contributed by atoms with Gasteiger partial charge in [-0.15, -0.1) is 11.3 Å². The monoisotopic (exact) mass is 419 g/mol. The van der Waals surface area contributed by atoms with E-state index in [-0.39, 0.29) is 17.0 Å². The van der Waals surface area contributed by atoms with Gasteiger partial charge in [-0.1, -0.05) is 24.3 Å². The van der Waals surface area contributed by atoms with E-state index in [0.717, 1.165) is 27.6 Å². The molecule has 0 saturated carbocycles. The summed E-state index contributed by atoms with van der Waals surface area (Å²) < 4.78 is 5.48. The number of nitriles is 1. The molecule has 2 heterocycles. The lowest BCUT2D eigenvalue weighted by Gasteiger charge is -2.42. The van der Waals surface area contributed by atoms with Crippen LogP contribution in [-0.4, -0.2) is 18.6 Å². The van der Waals surface area contributed by atoms with Gasteiger partial charge < -0.3 is 15.4 Å². The van der Waals surface area contributed by atoms with Gasteiger partial charge in [0.1, 0.15) is 16.8 Å². The van der Waals surface area contributed by atoms with Crippen molar-refractivity contribution in [2.24, 2.45) is 0 Å². The number of ether oxygens (including phenoxy) is 1. The maximum Gasteiger partial charge on any atom is 0.260 e. The van der Waals surface area contributed by atoms with Gasteiger partial charge in [0.15, 0.2) is 0 Å². The smallest absolute Gasteiger partial charge is 0.260 e. The molecule has 3 aromatic rings. The summed E-state index contributed by atoms with van der Waals surface area (Å²) in [5.41, 5.74) is 1.62. The number of methoxy groups -OCH3 is 1. The van der Waals surface area contributed by atoms with Crippen LogP contribution in [0.2, 0.25) is 0 Å². The second kappa shape index (κ2) is 7.12. The van der Waals surface area contributed by atoms with E-state index >= 15 is 0 Å². The average Bonchev–Trinajstić information content (AvgIpc) is 3.02. The number of carbonyl (C=O) groups is 1. The topological polar surface area (TPSA) is 74.1 Å². The lowest BCUT2D eigenvalue weighted by molar-refractivity contribution is 0.102. The van der Waals surface area contributed by atoms with Crippen LogP contribution in [0.1, 0.15) is 54.1 Å². The number of hydrogen-bond acceptors (Lipinski definition) is 5. The molecule has 2 N–H and O–H groups in total. The van der Waals surface area contributed by atoms with Crippen LogP contribution in [0.25, 0.3) is 10.8 Å². The fourth-order valence-corrected chi connectivity index (χ4v) is 5.69. The quantitative estimate of drug-likeness (QED) is 0.612. The van der Waals surface area contributed by atoms with Crippen molar-refractivity contribution in [2.75, 3.05) is 12.4 Å². The largest absolute Gasteiger partial charge is 0.496 e. The second-order valence-corrected chi connectivity index (χ2v) is 9.91. The average molecular weight is 420 g/mol. The Hall–Kier alpha value is -2.88. The second-order valence-electron chi connectivity index (χ2n) is 8.89. The Morgan fingerprint density at radius 2 is 1.87 bits per heavy atom. The van der Waals surface area contributed by atoms with E-state index in [0.29, 0.717) is 21.9 Å². The number of nitrogens with one attached hydrogen (secondary N) is 2. The third-order valence-electron chi connectivity index (χ3n) is 5.50. The summed E-state index contributed by atoms with van der Waals surface area (Å²) in [4.78, 5) is 14.3. The van der Waals surface area contributed by atoms with E-state index in [2.05, 4.69) is 44.4 Å². The zero-order chi connectivity index (χ0) is 21.7. The molecule has 0 atom stereocenters. The summed E-state index contributed by atoms with van der Waals surface area (Å²) in [5, 5.41) is 19.1. The van der Waals surface area contributed by atoms with Crippen molar-refractivity contribution in [2.45, 2.75) is 45.2 Å². The number of amides is 1. The Kier molecular flexibility index (Phi) is 4.84. The van der Waals surface area contributed by atoms with Crippen molar-refractivity contribution in [1.29, 1.82) is 5.26 Å². The molecule has 1 amide bonds. The molecule has 1 aliphatic rings. The molecule has 0 fully saturated rings. The third kappa shape index (κ3) is 3.45. The fraction of sp³-hybridized carbons (Fsp3) is 0.333. The molecular formula is C24H25N3O2S. The van der Waals surface area contributed by atoms with Gasteiger partial charge >= 0.3 is 0 Å². The van der Waals surface area contributed by atoms with Crippen molar-refractivity contribution in [3.05, 3.63) is 58.0 Å². The van der Waals surface area contributed by atoms with Crippen molar-refractivity contribution in [3.8, 4) is 11.8 Å². The molecule has 1 aromatic heterocycles. The third-order valence-corrected chi connectivity index (χ3v) is 6.97. The van der Waals surface area contributed by atoms with Crippen LogP contribution in [0.15, 0.2) is 36.4 Å². The van der Waals surface area contributed by atoms with Crippen LogP contribution in [0.4, 0.5) is 5.00 Å². The lowest BCUT2D eigenvalue weighted by Crippen LogP contribution is -2.54.